The minimum Gasteiger partial charge on any atom is -0.311 e. The summed E-state index contributed by atoms with van der Waals surface area (Å²) in [6.07, 6.45) is 13.3. The average molecular weight is 623 g/mol. The van der Waals surface area contributed by atoms with E-state index in [0.717, 1.165) is 19.3 Å². The number of benzene rings is 5. The fourth-order valence-electron chi connectivity index (χ4n) is 9.87. The van der Waals surface area contributed by atoms with Gasteiger partial charge < -0.3 is 9.80 Å². The van der Waals surface area contributed by atoms with Gasteiger partial charge >= 0.3 is 0 Å². The van der Waals surface area contributed by atoms with Gasteiger partial charge in [0.1, 0.15) is 0 Å². The predicted molar refractivity (Wildman–Crippen MR) is 205 cm³/mol. The zero-order chi connectivity index (χ0) is 32.1. The molecular formula is C45H43BN2. The number of rotatable bonds is 2. The molecule has 0 atom stereocenters. The van der Waals surface area contributed by atoms with Crippen molar-refractivity contribution in [3.8, 4) is 0 Å². The van der Waals surface area contributed by atoms with Gasteiger partial charge in [0.15, 0.2) is 0 Å². The second-order valence-electron chi connectivity index (χ2n) is 15.8. The highest BCUT2D eigenvalue weighted by molar-refractivity contribution is 6.95. The molecule has 5 aliphatic rings. The van der Waals surface area contributed by atoms with Gasteiger partial charge in [0, 0.05) is 33.8 Å². The van der Waals surface area contributed by atoms with E-state index in [1.165, 1.54) is 105 Å². The molecule has 5 aromatic rings. The Morgan fingerprint density at radius 1 is 0.583 bits per heavy atom. The summed E-state index contributed by atoms with van der Waals surface area (Å²) in [7, 11) is 0. The van der Waals surface area contributed by atoms with Crippen LogP contribution in [0.25, 0.3) is 10.8 Å². The van der Waals surface area contributed by atoms with E-state index < -0.39 is 0 Å². The Morgan fingerprint density at radius 3 is 2.15 bits per heavy atom. The van der Waals surface area contributed by atoms with E-state index in [1.807, 2.05) is 0 Å². The first kappa shape index (κ1) is 28.5. The quantitative estimate of drug-likeness (QED) is 0.181. The monoisotopic (exact) mass is 622 g/mol. The first-order valence-electron chi connectivity index (χ1n) is 18.4. The highest BCUT2D eigenvalue weighted by atomic mass is 15.2. The number of fused-ring (bicyclic) bond motifs is 5. The molecule has 0 amide bonds. The van der Waals surface area contributed by atoms with Crippen LogP contribution in [0.15, 0.2) is 114 Å². The molecule has 0 bridgehead atoms. The lowest BCUT2D eigenvalue weighted by atomic mass is 9.31. The molecule has 0 saturated heterocycles. The molecule has 2 heterocycles. The zero-order valence-electron chi connectivity index (χ0n) is 28.6. The Kier molecular flexibility index (Phi) is 6.24. The number of para-hydroxylation sites is 1. The van der Waals surface area contributed by atoms with Gasteiger partial charge in [-0.3, -0.25) is 0 Å². The third kappa shape index (κ3) is 4.06. The van der Waals surface area contributed by atoms with Crippen molar-refractivity contribution < 1.29 is 0 Å². The summed E-state index contributed by atoms with van der Waals surface area (Å²) in [5.41, 5.74) is 20.5. The van der Waals surface area contributed by atoms with Gasteiger partial charge in [-0.05, 0) is 138 Å². The second kappa shape index (κ2) is 10.5. The van der Waals surface area contributed by atoms with Crippen molar-refractivity contribution in [2.75, 3.05) is 9.80 Å². The second-order valence-corrected chi connectivity index (χ2v) is 15.8. The van der Waals surface area contributed by atoms with Crippen LogP contribution in [0.4, 0.5) is 28.4 Å². The fourth-order valence-corrected chi connectivity index (χ4v) is 9.87. The van der Waals surface area contributed by atoms with Crippen LogP contribution in [0, 0.1) is 5.41 Å². The van der Waals surface area contributed by atoms with Gasteiger partial charge in [0.2, 0.25) is 6.71 Å². The molecule has 0 saturated carbocycles. The van der Waals surface area contributed by atoms with E-state index in [-0.39, 0.29) is 12.1 Å². The number of aryl methyl sites for hydroxylation is 3. The van der Waals surface area contributed by atoms with E-state index in [1.54, 1.807) is 22.2 Å². The summed E-state index contributed by atoms with van der Waals surface area (Å²) in [5, 5.41) is 2.89. The number of nitrogens with zero attached hydrogens (tertiary/aromatic N) is 2. The molecule has 10 rings (SSSR count). The molecule has 2 nitrogen and oxygen atoms in total. The van der Waals surface area contributed by atoms with Crippen molar-refractivity contribution in [1.29, 1.82) is 0 Å². The molecule has 236 valence electrons. The predicted octanol–water partition coefficient (Wildman–Crippen LogP) is 10.3. The normalized spacial score (nSPS) is 17.9. The molecule has 5 aromatic carbocycles. The van der Waals surface area contributed by atoms with E-state index in [4.69, 9.17) is 0 Å². The van der Waals surface area contributed by atoms with Crippen LogP contribution in [0.1, 0.15) is 75.1 Å². The van der Waals surface area contributed by atoms with Gasteiger partial charge in [0.25, 0.3) is 0 Å². The molecule has 0 radical (unpaired) electrons. The number of anilines is 5. The average Bonchev–Trinajstić information content (AvgIpc) is 3.12. The van der Waals surface area contributed by atoms with E-state index in [2.05, 4.69) is 128 Å². The molecule has 3 aliphatic carbocycles. The number of hydrogen-bond acceptors (Lipinski definition) is 2. The minimum atomic E-state index is 0.125. The zero-order valence-corrected chi connectivity index (χ0v) is 28.6. The maximum absolute atomic E-state index is 2.68. The third-order valence-electron chi connectivity index (χ3n) is 12.1. The highest BCUT2D eigenvalue weighted by Crippen LogP contribution is 2.51. The van der Waals surface area contributed by atoms with Crippen LogP contribution < -0.4 is 20.7 Å². The maximum Gasteiger partial charge on any atom is 0.247 e. The van der Waals surface area contributed by atoms with Gasteiger partial charge in [-0.25, -0.2) is 0 Å². The molecule has 0 N–H and O–H groups in total. The summed E-state index contributed by atoms with van der Waals surface area (Å²) >= 11 is 0. The summed E-state index contributed by atoms with van der Waals surface area (Å²) in [5.74, 6) is 0. The van der Waals surface area contributed by atoms with Crippen molar-refractivity contribution in [3.05, 3.63) is 136 Å². The standard InChI is InChI=1S/C45H43BN2/c1-45(2,3)32-24-26-36-41(28-32)48(38-27-23-31-14-9-13-30-15-10-19-35(38)42(30)31)40-21-11-20-39-43(40)46(36)37-25-22-29-12-7-8-18-34(29)44(37)47(39)33-16-5-4-6-17-33/h4-6,10-11,15-17,19-23,25,27-28H,7-9,12-14,18,24,26H2,1-3H3. The molecule has 0 spiro atoms. The van der Waals surface area contributed by atoms with Crippen LogP contribution in [-0.2, 0) is 25.7 Å². The van der Waals surface area contributed by atoms with Gasteiger partial charge in [-0.1, -0.05) is 92.5 Å². The first-order chi connectivity index (χ1) is 23.5. The summed E-state index contributed by atoms with van der Waals surface area (Å²) in [4.78, 5) is 5.31. The fraction of sp³-hybridized carbons (Fsp3) is 0.289. The third-order valence-corrected chi connectivity index (χ3v) is 12.1. The van der Waals surface area contributed by atoms with Crippen LogP contribution in [0.5, 0.6) is 0 Å². The number of allylic oxidation sites excluding steroid dienone is 3. The van der Waals surface area contributed by atoms with Gasteiger partial charge in [0.05, 0.1) is 5.69 Å². The van der Waals surface area contributed by atoms with Gasteiger partial charge in [-0.2, -0.15) is 0 Å². The lowest BCUT2D eigenvalue weighted by Gasteiger charge is -2.47. The van der Waals surface area contributed by atoms with E-state index in [0.29, 0.717) is 0 Å². The SMILES string of the molecule is CC(C)(C)C1=CC2=C(CC1)B1c3ccc4c(c3N(c3ccccc3)c3cccc(c31)N2c1ccc2c3c(cccc13)CCC2)CCCC4. The Hall–Kier alpha value is -4.50. The van der Waals surface area contributed by atoms with Crippen molar-refractivity contribution in [2.45, 2.75) is 78.6 Å². The Balaban J connectivity index is 1.31. The van der Waals surface area contributed by atoms with Crippen LogP contribution >= 0.6 is 0 Å². The first-order valence-corrected chi connectivity index (χ1v) is 18.4. The van der Waals surface area contributed by atoms with Crippen LogP contribution in [0.3, 0.4) is 0 Å². The molecule has 0 unspecified atom stereocenters. The lowest BCUT2D eigenvalue weighted by Crippen LogP contribution is -2.56. The molecule has 0 aromatic heterocycles. The molecule has 0 fully saturated rings. The van der Waals surface area contributed by atoms with Crippen molar-refractivity contribution in [3.63, 3.8) is 0 Å². The Morgan fingerprint density at radius 2 is 1.31 bits per heavy atom. The largest absolute Gasteiger partial charge is 0.311 e. The Labute approximate surface area is 285 Å². The molecule has 2 aliphatic heterocycles. The highest BCUT2D eigenvalue weighted by Gasteiger charge is 2.46. The smallest absolute Gasteiger partial charge is 0.247 e. The van der Waals surface area contributed by atoms with Crippen LogP contribution in [0.2, 0.25) is 0 Å². The summed E-state index contributed by atoms with van der Waals surface area (Å²) < 4.78 is 0. The molecular weight excluding hydrogens is 579 g/mol. The topological polar surface area (TPSA) is 6.48 Å². The minimum absolute atomic E-state index is 0.125. The summed E-state index contributed by atoms with van der Waals surface area (Å²) in [6.45, 7) is 7.44. The van der Waals surface area contributed by atoms with Crippen molar-refractivity contribution in [2.24, 2.45) is 5.41 Å². The maximum atomic E-state index is 2.68. The molecule has 3 heteroatoms. The molecule has 48 heavy (non-hydrogen) atoms. The van der Waals surface area contributed by atoms with Crippen LogP contribution in [-0.4, -0.2) is 6.71 Å². The lowest BCUT2D eigenvalue weighted by molar-refractivity contribution is 0.479. The van der Waals surface area contributed by atoms with E-state index >= 15 is 0 Å². The summed E-state index contributed by atoms with van der Waals surface area (Å²) in [6, 6.07) is 35.3. The van der Waals surface area contributed by atoms with Crippen molar-refractivity contribution >= 4 is 56.8 Å². The number of hydrogen-bond donors (Lipinski definition) is 0. The van der Waals surface area contributed by atoms with Crippen molar-refractivity contribution in [1.82, 2.24) is 0 Å². The Bertz CT molecular complexity index is 2210. The van der Waals surface area contributed by atoms with Gasteiger partial charge in [-0.15, -0.1) is 0 Å². The van der Waals surface area contributed by atoms with E-state index in [9.17, 15) is 0 Å².